The van der Waals surface area contributed by atoms with Gasteiger partial charge in [-0.1, -0.05) is 0 Å². The summed E-state index contributed by atoms with van der Waals surface area (Å²) in [5.41, 5.74) is 0. The van der Waals surface area contributed by atoms with E-state index < -0.39 is 5.79 Å². The second-order valence-electron chi connectivity index (χ2n) is 4.61. The molecule has 1 saturated heterocycles. The summed E-state index contributed by atoms with van der Waals surface area (Å²) in [5.74, 6) is 1.02. The van der Waals surface area contributed by atoms with Gasteiger partial charge < -0.3 is 19.5 Å². The van der Waals surface area contributed by atoms with Crippen molar-refractivity contribution in [2.45, 2.75) is 32.7 Å². The molecule has 1 aliphatic rings. The fourth-order valence-electron chi connectivity index (χ4n) is 1.87. The van der Waals surface area contributed by atoms with Crippen LogP contribution in [0.25, 0.3) is 0 Å². The number of rotatable bonds is 5. The number of ether oxygens (including phenoxy) is 3. The van der Waals surface area contributed by atoms with Gasteiger partial charge in [0.25, 0.3) is 0 Å². The van der Waals surface area contributed by atoms with E-state index in [0.29, 0.717) is 19.8 Å². The molecular formula is C13H20N2O3. The Morgan fingerprint density at radius 1 is 1.56 bits per heavy atom. The summed E-state index contributed by atoms with van der Waals surface area (Å²) in [6.07, 6.45) is 1.78. The molecule has 1 aliphatic heterocycles. The van der Waals surface area contributed by atoms with Gasteiger partial charge in [0.05, 0.1) is 13.2 Å². The molecule has 1 N–H and O–H groups in total. The Balaban J connectivity index is 1.90. The molecule has 1 aromatic heterocycles. The predicted molar refractivity (Wildman–Crippen MR) is 68.8 cm³/mol. The highest BCUT2D eigenvalue weighted by Crippen LogP contribution is 2.24. The molecule has 1 unspecified atom stereocenters. The highest BCUT2D eigenvalue weighted by Gasteiger charge is 2.32. The summed E-state index contributed by atoms with van der Waals surface area (Å²) in [6.45, 7) is 7.65. The van der Waals surface area contributed by atoms with Crippen LogP contribution in [0.3, 0.4) is 0 Å². The summed E-state index contributed by atoms with van der Waals surface area (Å²) in [4.78, 5) is 4.26. The lowest BCUT2D eigenvalue weighted by atomic mass is 10.3. The number of hydrogen-bond donors (Lipinski definition) is 1. The molecule has 0 spiro atoms. The van der Waals surface area contributed by atoms with Gasteiger partial charge in [-0.15, -0.1) is 0 Å². The standard InChI is InChI=1S/C13H20N2O3/c1-4-16-11-6-5-7-14-12(11)15-8-10-9-17-13(2,3)18-10/h5-7,10H,4,8-9H2,1-3H3,(H,14,15). The Kier molecular flexibility index (Phi) is 4.04. The van der Waals surface area contributed by atoms with Crippen molar-refractivity contribution < 1.29 is 14.2 Å². The first-order chi connectivity index (χ1) is 8.61. The largest absolute Gasteiger partial charge is 0.490 e. The van der Waals surface area contributed by atoms with Gasteiger partial charge in [-0.25, -0.2) is 4.98 Å². The molecule has 2 rings (SSSR count). The highest BCUT2D eigenvalue weighted by molar-refractivity contribution is 5.49. The van der Waals surface area contributed by atoms with Gasteiger partial charge in [-0.2, -0.15) is 0 Å². The van der Waals surface area contributed by atoms with Crippen molar-refractivity contribution in [3.8, 4) is 5.75 Å². The van der Waals surface area contributed by atoms with Crippen molar-refractivity contribution in [3.63, 3.8) is 0 Å². The van der Waals surface area contributed by atoms with Gasteiger partial charge in [0.1, 0.15) is 6.10 Å². The van der Waals surface area contributed by atoms with Crippen LogP contribution < -0.4 is 10.1 Å². The molecule has 0 saturated carbocycles. The average molecular weight is 252 g/mol. The van der Waals surface area contributed by atoms with Crippen LogP contribution in [0.4, 0.5) is 5.82 Å². The number of nitrogens with zero attached hydrogens (tertiary/aromatic N) is 1. The van der Waals surface area contributed by atoms with Crippen LogP contribution in [0.15, 0.2) is 18.3 Å². The smallest absolute Gasteiger partial charge is 0.168 e. The topological polar surface area (TPSA) is 52.6 Å². The van der Waals surface area contributed by atoms with Crippen LogP contribution in [0.5, 0.6) is 5.75 Å². The lowest BCUT2D eigenvalue weighted by molar-refractivity contribution is -0.136. The third kappa shape index (κ3) is 3.34. The van der Waals surface area contributed by atoms with Gasteiger partial charge in [0, 0.05) is 12.7 Å². The van der Waals surface area contributed by atoms with Crippen molar-refractivity contribution in [2.75, 3.05) is 25.1 Å². The molecule has 1 fully saturated rings. The van der Waals surface area contributed by atoms with E-state index in [1.54, 1.807) is 6.20 Å². The third-order valence-corrected chi connectivity index (χ3v) is 2.64. The Morgan fingerprint density at radius 2 is 2.39 bits per heavy atom. The summed E-state index contributed by atoms with van der Waals surface area (Å²) in [5, 5.41) is 3.24. The molecule has 0 bridgehead atoms. The maximum atomic E-state index is 5.72. The van der Waals surface area contributed by atoms with E-state index in [1.165, 1.54) is 0 Å². The lowest BCUT2D eigenvalue weighted by Crippen LogP contribution is -2.26. The Morgan fingerprint density at radius 3 is 3.06 bits per heavy atom. The number of nitrogens with one attached hydrogen (secondary N) is 1. The summed E-state index contributed by atoms with van der Waals surface area (Å²) >= 11 is 0. The van der Waals surface area contributed by atoms with Gasteiger partial charge in [0.15, 0.2) is 17.4 Å². The predicted octanol–water partition coefficient (Wildman–Crippen LogP) is 2.04. The molecule has 5 heteroatoms. The van der Waals surface area contributed by atoms with E-state index in [1.807, 2.05) is 32.9 Å². The zero-order valence-electron chi connectivity index (χ0n) is 11.1. The van der Waals surface area contributed by atoms with Crippen molar-refractivity contribution in [2.24, 2.45) is 0 Å². The van der Waals surface area contributed by atoms with Gasteiger partial charge in [0.2, 0.25) is 0 Å². The molecule has 18 heavy (non-hydrogen) atoms. The van der Waals surface area contributed by atoms with Crippen molar-refractivity contribution in [3.05, 3.63) is 18.3 Å². The first-order valence-corrected chi connectivity index (χ1v) is 6.24. The molecule has 5 nitrogen and oxygen atoms in total. The molecule has 1 atom stereocenters. The summed E-state index contributed by atoms with van der Waals surface area (Å²) in [7, 11) is 0. The first-order valence-electron chi connectivity index (χ1n) is 6.24. The molecule has 0 radical (unpaired) electrons. The van der Waals surface area contributed by atoms with E-state index in [2.05, 4.69) is 10.3 Å². The zero-order chi connectivity index (χ0) is 13.0. The van der Waals surface area contributed by atoms with Crippen molar-refractivity contribution in [1.82, 2.24) is 4.98 Å². The Hall–Kier alpha value is -1.33. The fourth-order valence-corrected chi connectivity index (χ4v) is 1.87. The second kappa shape index (κ2) is 5.54. The van der Waals surface area contributed by atoms with Crippen LogP contribution in [0.2, 0.25) is 0 Å². The quantitative estimate of drug-likeness (QED) is 0.869. The number of hydrogen-bond acceptors (Lipinski definition) is 5. The highest BCUT2D eigenvalue weighted by atomic mass is 16.7. The van der Waals surface area contributed by atoms with E-state index in [-0.39, 0.29) is 6.10 Å². The minimum absolute atomic E-state index is 0.0384. The average Bonchev–Trinajstić information content (AvgIpc) is 2.68. The Bertz CT molecular complexity index is 396. The van der Waals surface area contributed by atoms with Crippen LogP contribution >= 0.6 is 0 Å². The fraction of sp³-hybridized carbons (Fsp3) is 0.615. The molecule has 1 aromatic rings. The van der Waals surface area contributed by atoms with Crippen molar-refractivity contribution in [1.29, 1.82) is 0 Å². The van der Waals surface area contributed by atoms with Crippen LogP contribution in [-0.4, -0.2) is 36.6 Å². The number of pyridine rings is 1. The van der Waals surface area contributed by atoms with Gasteiger partial charge in [-0.3, -0.25) is 0 Å². The van der Waals surface area contributed by atoms with Crippen LogP contribution in [0.1, 0.15) is 20.8 Å². The molecule has 0 aromatic carbocycles. The van der Waals surface area contributed by atoms with Gasteiger partial charge >= 0.3 is 0 Å². The monoisotopic (exact) mass is 252 g/mol. The van der Waals surface area contributed by atoms with E-state index in [9.17, 15) is 0 Å². The molecule has 2 heterocycles. The van der Waals surface area contributed by atoms with Crippen molar-refractivity contribution >= 4 is 5.82 Å². The summed E-state index contributed by atoms with van der Waals surface area (Å²) < 4.78 is 16.7. The summed E-state index contributed by atoms with van der Waals surface area (Å²) in [6, 6.07) is 3.75. The van der Waals surface area contributed by atoms with E-state index >= 15 is 0 Å². The second-order valence-corrected chi connectivity index (χ2v) is 4.61. The molecular weight excluding hydrogens is 232 g/mol. The number of anilines is 1. The maximum Gasteiger partial charge on any atom is 0.168 e. The molecule has 0 aliphatic carbocycles. The van der Waals surface area contributed by atoms with Crippen LogP contribution in [0, 0.1) is 0 Å². The Labute approximate surface area is 107 Å². The zero-order valence-corrected chi connectivity index (χ0v) is 11.1. The first kappa shape index (κ1) is 13.1. The van der Waals surface area contributed by atoms with Gasteiger partial charge in [-0.05, 0) is 32.9 Å². The van der Waals surface area contributed by atoms with E-state index in [4.69, 9.17) is 14.2 Å². The lowest BCUT2D eigenvalue weighted by Gasteiger charge is -2.18. The maximum absolute atomic E-state index is 5.72. The van der Waals surface area contributed by atoms with Crippen LogP contribution in [-0.2, 0) is 9.47 Å². The third-order valence-electron chi connectivity index (χ3n) is 2.64. The normalized spacial score (nSPS) is 21.8. The minimum atomic E-state index is -0.487. The van der Waals surface area contributed by atoms with E-state index in [0.717, 1.165) is 11.6 Å². The molecule has 0 amide bonds. The SMILES string of the molecule is CCOc1cccnc1NCC1COC(C)(C)O1. The molecule has 100 valence electrons. The minimum Gasteiger partial charge on any atom is -0.490 e. The number of aromatic nitrogens is 1.